The van der Waals surface area contributed by atoms with Gasteiger partial charge in [-0.25, -0.2) is 4.98 Å². The van der Waals surface area contributed by atoms with E-state index in [4.69, 9.17) is 9.72 Å². The van der Waals surface area contributed by atoms with Crippen molar-refractivity contribution in [3.8, 4) is 5.75 Å². The van der Waals surface area contributed by atoms with Gasteiger partial charge in [0.05, 0.1) is 28.4 Å². The van der Waals surface area contributed by atoms with E-state index < -0.39 is 17.7 Å². The summed E-state index contributed by atoms with van der Waals surface area (Å²) in [7, 11) is 0. The molecule has 1 N–H and O–H groups in total. The fourth-order valence-electron chi connectivity index (χ4n) is 4.51. The molecule has 0 spiro atoms. The lowest BCUT2D eigenvalue weighted by Gasteiger charge is -2.24. The Kier molecular flexibility index (Phi) is 6.33. The van der Waals surface area contributed by atoms with Gasteiger partial charge in [0.15, 0.2) is 5.13 Å². The molecule has 1 aliphatic heterocycles. The maximum absolute atomic E-state index is 13.5. The van der Waals surface area contributed by atoms with Crippen LogP contribution in [0.1, 0.15) is 50.4 Å². The predicted octanol–water partition coefficient (Wildman–Crippen LogP) is 6.62. The Balaban J connectivity index is 1.69. The summed E-state index contributed by atoms with van der Waals surface area (Å²) in [5, 5.41) is 11.7. The molecule has 0 aliphatic carbocycles. The number of fused-ring (bicyclic) bond motifs is 1. The number of carbonyl (C=O) groups excluding carboxylic acids is 2. The molecule has 37 heavy (non-hydrogen) atoms. The number of amides is 1. The molecule has 4 aromatic rings. The van der Waals surface area contributed by atoms with Crippen molar-refractivity contribution < 1.29 is 19.4 Å². The normalized spacial score (nSPS) is 17.5. The number of hydrogen-bond acceptors (Lipinski definition) is 6. The highest BCUT2D eigenvalue weighted by molar-refractivity contribution is 7.22. The number of benzene rings is 3. The Morgan fingerprint density at radius 2 is 1.73 bits per heavy atom. The molecule has 7 heteroatoms. The first-order chi connectivity index (χ1) is 17.7. The minimum Gasteiger partial charge on any atom is -0.507 e. The number of ether oxygens (including phenoxy) is 1. The lowest BCUT2D eigenvalue weighted by molar-refractivity contribution is -0.132. The number of carbonyl (C=O) groups is 2. The first-order valence-electron chi connectivity index (χ1n) is 12.2. The van der Waals surface area contributed by atoms with E-state index in [0.29, 0.717) is 28.6 Å². The molecule has 3 aromatic carbocycles. The van der Waals surface area contributed by atoms with E-state index in [-0.39, 0.29) is 16.7 Å². The van der Waals surface area contributed by atoms with Gasteiger partial charge in [0, 0.05) is 5.56 Å². The summed E-state index contributed by atoms with van der Waals surface area (Å²) in [5.41, 5.74) is 3.01. The Bertz CT molecular complexity index is 1510. The zero-order chi connectivity index (χ0) is 26.3. The molecule has 0 bridgehead atoms. The highest BCUT2D eigenvalue weighted by Gasteiger charge is 2.48. The molecule has 0 radical (unpaired) electrons. The topological polar surface area (TPSA) is 79.7 Å². The van der Waals surface area contributed by atoms with Gasteiger partial charge in [-0.1, -0.05) is 86.7 Å². The van der Waals surface area contributed by atoms with E-state index in [1.54, 1.807) is 24.3 Å². The molecule has 1 atom stereocenters. The molecule has 1 aromatic heterocycles. The van der Waals surface area contributed by atoms with Crippen LogP contribution in [-0.4, -0.2) is 28.4 Å². The van der Waals surface area contributed by atoms with Gasteiger partial charge in [-0.05, 0) is 41.7 Å². The molecule has 5 rings (SSSR count). The fraction of sp³-hybridized carbons (Fsp3) is 0.233. The molecule has 1 aliphatic rings. The monoisotopic (exact) mass is 512 g/mol. The van der Waals surface area contributed by atoms with Crippen molar-refractivity contribution in [1.29, 1.82) is 0 Å². The molecule has 188 valence electrons. The van der Waals surface area contributed by atoms with Crippen LogP contribution in [0.25, 0.3) is 16.0 Å². The highest BCUT2D eigenvalue weighted by atomic mass is 32.1. The average molecular weight is 513 g/mol. The summed E-state index contributed by atoms with van der Waals surface area (Å²) in [6, 6.07) is 21.4. The number of aliphatic hydroxyl groups excluding tert-OH is 1. The molecule has 1 saturated heterocycles. The third-order valence-electron chi connectivity index (χ3n) is 6.45. The Morgan fingerprint density at radius 3 is 2.38 bits per heavy atom. The number of hydrogen-bond donors (Lipinski definition) is 1. The molecule has 0 saturated carbocycles. The van der Waals surface area contributed by atoms with Crippen LogP contribution >= 0.6 is 11.3 Å². The smallest absolute Gasteiger partial charge is 0.301 e. The second kappa shape index (κ2) is 9.48. The Morgan fingerprint density at radius 1 is 1.03 bits per heavy atom. The van der Waals surface area contributed by atoms with Crippen LogP contribution in [-0.2, 0) is 15.0 Å². The number of nitrogens with zero attached hydrogens (tertiary/aromatic N) is 2. The van der Waals surface area contributed by atoms with Crippen molar-refractivity contribution in [2.45, 2.75) is 39.2 Å². The first kappa shape index (κ1) is 24.7. The largest absolute Gasteiger partial charge is 0.507 e. The molecule has 0 unspecified atom stereocenters. The zero-order valence-corrected chi connectivity index (χ0v) is 22.0. The molecule has 2 heterocycles. The van der Waals surface area contributed by atoms with Crippen molar-refractivity contribution in [2.24, 2.45) is 0 Å². The van der Waals surface area contributed by atoms with E-state index in [2.05, 4.69) is 20.8 Å². The van der Waals surface area contributed by atoms with Crippen molar-refractivity contribution in [3.63, 3.8) is 0 Å². The van der Waals surface area contributed by atoms with Crippen molar-refractivity contribution >= 4 is 44.1 Å². The first-order valence-corrected chi connectivity index (χ1v) is 13.0. The maximum atomic E-state index is 13.5. The van der Waals surface area contributed by atoms with Crippen molar-refractivity contribution in [3.05, 3.63) is 95.1 Å². The average Bonchev–Trinajstić information content (AvgIpc) is 3.41. The molecule has 6 nitrogen and oxygen atoms in total. The van der Waals surface area contributed by atoms with E-state index >= 15 is 0 Å². The van der Waals surface area contributed by atoms with E-state index in [1.807, 2.05) is 55.5 Å². The number of ketones is 1. The standard InChI is InChI=1S/C30H28N2O4S/c1-5-36-21-15-16-22-23(17-21)37-29(31-22)32-25(18-11-13-20(14-12-18)30(2,3)4)24(27(34)28(32)35)26(33)19-9-7-6-8-10-19/h6-17,25,33H,5H2,1-4H3/t25-/m0/s1. The lowest BCUT2D eigenvalue weighted by Crippen LogP contribution is -2.29. The third-order valence-corrected chi connectivity index (χ3v) is 7.47. The zero-order valence-electron chi connectivity index (χ0n) is 21.2. The number of aromatic nitrogens is 1. The van der Waals surface area contributed by atoms with Crippen molar-refractivity contribution in [1.82, 2.24) is 4.98 Å². The molecular weight excluding hydrogens is 484 g/mol. The highest BCUT2D eigenvalue weighted by Crippen LogP contribution is 2.45. The summed E-state index contributed by atoms with van der Waals surface area (Å²) in [4.78, 5) is 33.0. The van der Waals surface area contributed by atoms with E-state index in [0.717, 1.165) is 15.8 Å². The van der Waals surface area contributed by atoms with Gasteiger partial charge in [-0.2, -0.15) is 0 Å². The number of aliphatic hydroxyl groups is 1. The van der Waals surface area contributed by atoms with Gasteiger partial charge in [0.25, 0.3) is 5.78 Å². The fourth-order valence-corrected chi connectivity index (χ4v) is 5.54. The predicted molar refractivity (Wildman–Crippen MR) is 147 cm³/mol. The Labute approximate surface area is 219 Å². The van der Waals surface area contributed by atoms with E-state index in [1.165, 1.54) is 16.2 Å². The van der Waals surface area contributed by atoms with Crippen molar-refractivity contribution in [2.75, 3.05) is 11.5 Å². The van der Waals surface area contributed by atoms with Crippen LogP contribution in [0.2, 0.25) is 0 Å². The van der Waals surface area contributed by atoms with Crippen LogP contribution in [0.15, 0.2) is 78.4 Å². The SMILES string of the molecule is CCOc1ccc2nc(N3C(=O)C(=O)C(=C(O)c4ccccc4)[C@@H]3c3ccc(C(C)(C)C)cc3)sc2c1. The van der Waals surface area contributed by atoms with Gasteiger partial charge in [0.1, 0.15) is 11.5 Å². The third kappa shape index (κ3) is 4.51. The van der Waals surface area contributed by atoms with Crippen LogP contribution in [0.3, 0.4) is 0 Å². The van der Waals surface area contributed by atoms with Crippen LogP contribution in [0.4, 0.5) is 5.13 Å². The summed E-state index contributed by atoms with van der Waals surface area (Å²) >= 11 is 1.31. The van der Waals surface area contributed by atoms with Crippen LogP contribution in [0, 0.1) is 0 Å². The molecule has 1 amide bonds. The number of Topliss-reactive ketones (excluding diaryl/α,β-unsaturated/α-hetero) is 1. The Hall–Kier alpha value is -3.97. The van der Waals surface area contributed by atoms with Gasteiger partial charge in [-0.15, -0.1) is 0 Å². The van der Waals surface area contributed by atoms with Gasteiger partial charge in [-0.3, -0.25) is 14.5 Å². The van der Waals surface area contributed by atoms with E-state index in [9.17, 15) is 14.7 Å². The maximum Gasteiger partial charge on any atom is 0.301 e. The van der Waals surface area contributed by atoms with Gasteiger partial charge in [0.2, 0.25) is 0 Å². The quantitative estimate of drug-likeness (QED) is 0.185. The summed E-state index contributed by atoms with van der Waals surface area (Å²) < 4.78 is 6.46. The van der Waals surface area contributed by atoms with Crippen LogP contribution in [0.5, 0.6) is 5.75 Å². The minimum atomic E-state index is -0.818. The number of thiazole rings is 1. The summed E-state index contributed by atoms with van der Waals surface area (Å²) in [5.74, 6) is -0.941. The second-order valence-electron chi connectivity index (χ2n) is 9.97. The second-order valence-corrected chi connectivity index (χ2v) is 11.0. The molecular formula is C30H28N2O4S. The van der Waals surface area contributed by atoms with Gasteiger partial charge >= 0.3 is 5.91 Å². The van der Waals surface area contributed by atoms with Gasteiger partial charge < -0.3 is 9.84 Å². The number of rotatable bonds is 5. The minimum absolute atomic E-state index is 0.0500. The molecule has 1 fully saturated rings. The van der Waals surface area contributed by atoms with Crippen LogP contribution < -0.4 is 9.64 Å². The summed E-state index contributed by atoms with van der Waals surface area (Å²) in [6.45, 7) is 8.83. The summed E-state index contributed by atoms with van der Waals surface area (Å²) in [6.07, 6.45) is 0. The lowest BCUT2D eigenvalue weighted by atomic mass is 9.85. The number of anilines is 1.